The van der Waals surface area contributed by atoms with Crippen molar-refractivity contribution in [1.29, 1.82) is 0 Å². The molecule has 0 saturated carbocycles. The summed E-state index contributed by atoms with van der Waals surface area (Å²) in [5.74, 6) is 0. The standard InChI is InChI=1S/C9H16N2O3S/c1-6-4-14-9(11-6)15-8(3-12)7(10)5-13-2/h4,7-8,12H,3,5,10H2,1-2H3. The van der Waals surface area contributed by atoms with Crippen LogP contribution in [-0.2, 0) is 4.74 Å². The van der Waals surface area contributed by atoms with Gasteiger partial charge >= 0.3 is 0 Å². The first kappa shape index (κ1) is 12.5. The molecule has 86 valence electrons. The molecule has 0 saturated heterocycles. The van der Waals surface area contributed by atoms with Crippen LogP contribution < -0.4 is 5.73 Å². The highest BCUT2D eigenvalue weighted by Gasteiger charge is 2.20. The maximum absolute atomic E-state index is 9.17. The molecule has 0 aliphatic carbocycles. The van der Waals surface area contributed by atoms with E-state index in [9.17, 15) is 0 Å². The van der Waals surface area contributed by atoms with Crippen LogP contribution in [0.1, 0.15) is 5.69 Å². The number of oxazole rings is 1. The second-order valence-corrected chi connectivity index (χ2v) is 4.40. The number of hydrogen-bond acceptors (Lipinski definition) is 6. The molecule has 0 spiro atoms. The van der Waals surface area contributed by atoms with E-state index in [0.29, 0.717) is 11.8 Å². The van der Waals surface area contributed by atoms with E-state index in [1.165, 1.54) is 11.8 Å². The molecule has 1 aromatic heterocycles. The lowest BCUT2D eigenvalue weighted by Gasteiger charge is -2.18. The number of aliphatic hydroxyl groups is 1. The Bertz CT molecular complexity index is 293. The molecular formula is C9H16N2O3S. The minimum Gasteiger partial charge on any atom is -0.440 e. The van der Waals surface area contributed by atoms with Gasteiger partial charge in [0.2, 0.25) is 0 Å². The van der Waals surface area contributed by atoms with E-state index in [1.54, 1.807) is 13.4 Å². The fourth-order valence-corrected chi connectivity index (χ4v) is 1.96. The first-order chi connectivity index (χ1) is 7.17. The zero-order valence-corrected chi connectivity index (χ0v) is 9.66. The third kappa shape index (κ3) is 3.83. The van der Waals surface area contributed by atoms with Gasteiger partial charge in [0.1, 0.15) is 6.26 Å². The van der Waals surface area contributed by atoms with Crippen LogP contribution >= 0.6 is 11.8 Å². The van der Waals surface area contributed by atoms with Crippen LogP contribution in [0.15, 0.2) is 15.9 Å². The highest BCUT2D eigenvalue weighted by Crippen LogP contribution is 2.23. The highest BCUT2D eigenvalue weighted by molar-refractivity contribution is 7.99. The highest BCUT2D eigenvalue weighted by atomic mass is 32.2. The van der Waals surface area contributed by atoms with Gasteiger partial charge in [0.15, 0.2) is 0 Å². The third-order valence-electron chi connectivity index (χ3n) is 1.87. The van der Waals surface area contributed by atoms with Crippen molar-refractivity contribution in [3.63, 3.8) is 0 Å². The first-order valence-corrected chi connectivity index (χ1v) is 5.49. The molecule has 0 aliphatic rings. The number of aliphatic hydroxyl groups excluding tert-OH is 1. The second kappa shape index (κ2) is 6.12. The quantitative estimate of drug-likeness (QED) is 0.691. The number of hydrogen-bond donors (Lipinski definition) is 2. The van der Waals surface area contributed by atoms with Crippen LogP contribution in [0.4, 0.5) is 0 Å². The Morgan fingerprint density at radius 3 is 2.93 bits per heavy atom. The number of ether oxygens (including phenoxy) is 1. The van der Waals surface area contributed by atoms with E-state index >= 15 is 0 Å². The summed E-state index contributed by atoms with van der Waals surface area (Å²) < 4.78 is 10.1. The SMILES string of the molecule is COCC(N)C(CO)Sc1nc(C)co1. The Labute approximate surface area is 93.0 Å². The third-order valence-corrected chi connectivity index (χ3v) is 3.06. The average molecular weight is 232 g/mol. The Balaban J connectivity index is 2.53. The maximum atomic E-state index is 9.17. The van der Waals surface area contributed by atoms with E-state index in [4.69, 9.17) is 20.0 Å². The molecule has 15 heavy (non-hydrogen) atoms. The van der Waals surface area contributed by atoms with Crippen LogP contribution in [0.25, 0.3) is 0 Å². The fraction of sp³-hybridized carbons (Fsp3) is 0.667. The summed E-state index contributed by atoms with van der Waals surface area (Å²) in [7, 11) is 1.58. The van der Waals surface area contributed by atoms with E-state index in [0.717, 1.165) is 5.69 Å². The molecule has 0 radical (unpaired) electrons. The van der Waals surface area contributed by atoms with E-state index in [-0.39, 0.29) is 17.9 Å². The number of methoxy groups -OCH3 is 1. The molecule has 0 aliphatic heterocycles. The molecule has 0 amide bonds. The van der Waals surface area contributed by atoms with Crippen molar-refractivity contribution in [3.8, 4) is 0 Å². The Morgan fingerprint density at radius 1 is 1.73 bits per heavy atom. The van der Waals surface area contributed by atoms with Crippen molar-refractivity contribution >= 4 is 11.8 Å². The average Bonchev–Trinajstić information content (AvgIpc) is 2.61. The molecule has 2 unspecified atom stereocenters. The van der Waals surface area contributed by atoms with Gasteiger partial charge in [-0.2, -0.15) is 0 Å². The van der Waals surface area contributed by atoms with E-state index < -0.39 is 0 Å². The lowest BCUT2D eigenvalue weighted by atomic mass is 10.2. The van der Waals surface area contributed by atoms with Gasteiger partial charge in [-0.25, -0.2) is 4.98 Å². The Morgan fingerprint density at radius 2 is 2.47 bits per heavy atom. The van der Waals surface area contributed by atoms with Gasteiger partial charge in [-0.1, -0.05) is 11.8 Å². The van der Waals surface area contributed by atoms with Crippen molar-refractivity contribution in [2.75, 3.05) is 20.3 Å². The fourth-order valence-electron chi connectivity index (χ4n) is 1.08. The molecule has 3 N–H and O–H groups in total. The van der Waals surface area contributed by atoms with Gasteiger partial charge < -0.3 is 20.0 Å². The number of aryl methyl sites for hydroxylation is 1. The summed E-state index contributed by atoms with van der Waals surface area (Å²) >= 11 is 1.32. The van der Waals surface area contributed by atoms with Crippen molar-refractivity contribution in [3.05, 3.63) is 12.0 Å². The number of thioether (sulfide) groups is 1. The Hall–Kier alpha value is -0.560. The zero-order valence-electron chi connectivity index (χ0n) is 8.84. The monoisotopic (exact) mass is 232 g/mol. The molecule has 0 aromatic carbocycles. The van der Waals surface area contributed by atoms with Crippen LogP contribution in [-0.4, -0.2) is 41.7 Å². The minimum absolute atomic E-state index is 0.0311. The second-order valence-electron chi connectivity index (χ2n) is 3.21. The topological polar surface area (TPSA) is 81.5 Å². The van der Waals surface area contributed by atoms with Gasteiger partial charge in [-0.15, -0.1) is 0 Å². The van der Waals surface area contributed by atoms with Gasteiger partial charge in [0, 0.05) is 13.2 Å². The predicted octanol–water partition coefficient (Wildman–Crippen LogP) is 0.410. The van der Waals surface area contributed by atoms with Crippen LogP contribution in [0.3, 0.4) is 0 Å². The molecule has 0 bridgehead atoms. The van der Waals surface area contributed by atoms with Gasteiger partial charge in [-0.3, -0.25) is 0 Å². The summed E-state index contributed by atoms with van der Waals surface area (Å²) in [6.07, 6.45) is 1.57. The normalized spacial score (nSPS) is 15.2. The van der Waals surface area contributed by atoms with Crippen LogP contribution in [0.2, 0.25) is 0 Å². The van der Waals surface area contributed by atoms with Crippen molar-refractivity contribution < 1.29 is 14.3 Å². The van der Waals surface area contributed by atoms with Gasteiger partial charge in [0.05, 0.1) is 24.2 Å². The molecule has 2 atom stereocenters. The van der Waals surface area contributed by atoms with Crippen molar-refractivity contribution in [2.45, 2.75) is 23.4 Å². The molecule has 1 aromatic rings. The predicted molar refractivity (Wildman–Crippen MR) is 57.8 cm³/mol. The first-order valence-electron chi connectivity index (χ1n) is 4.61. The minimum atomic E-state index is -0.239. The Kier molecular flexibility index (Phi) is 5.10. The maximum Gasteiger partial charge on any atom is 0.256 e. The molecular weight excluding hydrogens is 216 g/mol. The lowest BCUT2D eigenvalue weighted by molar-refractivity contribution is 0.167. The summed E-state index contributed by atoms with van der Waals surface area (Å²) in [5.41, 5.74) is 6.63. The summed E-state index contributed by atoms with van der Waals surface area (Å²) in [5, 5.41) is 9.53. The van der Waals surface area contributed by atoms with E-state index in [2.05, 4.69) is 4.98 Å². The van der Waals surface area contributed by atoms with Crippen molar-refractivity contribution in [1.82, 2.24) is 4.98 Å². The van der Waals surface area contributed by atoms with Crippen LogP contribution in [0.5, 0.6) is 0 Å². The largest absolute Gasteiger partial charge is 0.440 e. The summed E-state index contributed by atoms with van der Waals surface area (Å²) in [6.45, 7) is 2.21. The number of nitrogens with two attached hydrogens (primary N) is 1. The smallest absolute Gasteiger partial charge is 0.256 e. The van der Waals surface area contributed by atoms with Gasteiger partial charge in [-0.05, 0) is 6.92 Å². The molecule has 1 heterocycles. The number of nitrogens with zero attached hydrogens (tertiary/aromatic N) is 1. The molecule has 5 nitrogen and oxygen atoms in total. The molecule has 0 fully saturated rings. The van der Waals surface area contributed by atoms with E-state index in [1.807, 2.05) is 6.92 Å². The molecule has 1 rings (SSSR count). The number of rotatable bonds is 6. The summed E-state index contributed by atoms with van der Waals surface area (Å²) in [6, 6.07) is -0.239. The molecule has 6 heteroatoms. The lowest BCUT2D eigenvalue weighted by Crippen LogP contribution is -2.38. The van der Waals surface area contributed by atoms with Crippen molar-refractivity contribution in [2.24, 2.45) is 5.73 Å². The van der Waals surface area contributed by atoms with Gasteiger partial charge in [0.25, 0.3) is 5.22 Å². The number of aromatic nitrogens is 1. The summed E-state index contributed by atoms with van der Waals surface area (Å²) in [4.78, 5) is 4.13. The zero-order chi connectivity index (χ0) is 11.3. The van der Waals surface area contributed by atoms with Crippen LogP contribution in [0, 0.1) is 6.92 Å².